The summed E-state index contributed by atoms with van der Waals surface area (Å²) in [5.74, 6) is 1.39. The number of amides is 1. The first-order valence-corrected chi connectivity index (χ1v) is 10.4. The second-order valence-electron chi connectivity index (χ2n) is 7.39. The van der Waals surface area contributed by atoms with E-state index in [1.54, 1.807) is 49.3 Å². The van der Waals surface area contributed by atoms with E-state index in [-0.39, 0.29) is 5.91 Å². The summed E-state index contributed by atoms with van der Waals surface area (Å²) in [6.45, 7) is 0. The molecule has 0 radical (unpaired) electrons. The molecule has 0 aliphatic heterocycles. The van der Waals surface area contributed by atoms with Gasteiger partial charge in [-0.1, -0.05) is 12.1 Å². The predicted molar refractivity (Wildman–Crippen MR) is 127 cm³/mol. The first-order chi connectivity index (χ1) is 16.6. The quantitative estimate of drug-likeness (QED) is 0.413. The van der Waals surface area contributed by atoms with E-state index < -0.39 is 0 Å². The minimum absolute atomic E-state index is 0.282. The number of benzene rings is 2. The topological polar surface area (TPSA) is 104 Å². The van der Waals surface area contributed by atoms with Crippen LogP contribution in [0.4, 0.5) is 5.69 Å². The number of hydrogen-bond acceptors (Lipinski definition) is 7. The van der Waals surface area contributed by atoms with E-state index in [1.165, 1.54) is 0 Å². The van der Waals surface area contributed by atoms with Crippen LogP contribution in [0.2, 0.25) is 0 Å². The van der Waals surface area contributed by atoms with Crippen molar-refractivity contribution in [1.82, 2.24) is 24.8 Å². The molecule has 0 bridgehead atoms. The summed E-state index contributed by atoms with van der Waals surface area (Å²) in [7, 11) is 3.08. The van der Waals surface area contributed by atoms with Gasteiger partial charge >= 0.3 is 0 Å². The van der Waals surface area contributed by atoms with Crippen molar-refractivity contribution in [2.24, 2.45) is 0 Å². The van der Waals surface area contributed by atoms with Gasteiger partial charge < -0.3 is 14.8 Å². The standard InChI is InChI=1S/C25H20N6O3/c1-33-20-12-18(13-21(14-20)34-2)25(32)27-19-7-3-5-16(11-19)22-8-9-23-28-29-24(31(23)30-22)17-6-4-10-26-15-17/h3-15H,1-2H3,(H,27,32). The molecule has 0 saturated carbocycles. The van der Waals surface area contributed by atoms with Crippen molar-refractivity contribution in [3.05, 3.63) is 84.7 Å². The number of anilines is 1. The zero-order valence-electron chi connectivity index (χ0n) is 18.5. The monoisotopic (exact) mass is 452 g/mol. The van der Waals surface area contributed by atoms with Gasteiger partial charge in [0.1, 0.15) is 11.5 Å². The van der Waals surface area contributed by atoms with Crippen LogP contribution in [0, 0.1) is 0 Å². The number of nitrogens with zero attached hydrogens (tertiary/aromatic N) is 5. The van der Waals surface area contributed by atoms with Crippen LogP contribution in [0.5, 0.6) is 11.5 Å². The molecule has 3 aromatic heterocycles. The van der Waals surface area contributed by atoms with Gasteiger partial charge in [-0.05, 0) is 48.5 Å². The van der Waals surface area contributed by atoms with Crippen molar-refractivity contribution in [2.75, 3.05) is 19.5 Å². The largest absolute Gasteiger partial charge is 0.497 e. The SMILES string of the molecule is COc1cc(OC)cc(C(=O)Nc2cccc(-c3ccc4nnc(-c5cccnc5)n4n3)c2)c1. The van der Waals surface area contributed by atoms with E-state index in [4.69, 9.17) is 14.6 Å². The minimum atomic E-state index is -0.282. The summed E-state index contributed by atoms with van der Waals surface area (Å²) in [6.07, 6.45) is 3.42. The number of methoxy groups -OCH3 is 2. The van der Waals surface area contributed by atoms with Crippen LogP contribution in [-0.4, -0.2) is 44.9 Å². The van der Waals surface area contributed by atoms with E-state index in [2.05, 4.69) is 20.5 Å². The average molecular weight is 452 g/mol. The summed E-state index contributed by atoms with van der Waals surface area (Å²) < 4.78 is 12.2. The molecule has 1 N–H and O–H groups in total. The van der Waals surface area contributed by atoms with Gasteiger partial charge in [0.15, 0.2) is 11.5 Å². The van der Waals surface area contributed by atoms with Crippen LogP contribution >= 0.6 is 0 Å². The molecule has 0 aliphatic carbocycles. The third kappa shape index (κ3) is 4.14. The fourth-order valence-corrected chi connectivity index (χ4v) is 3.52. The van der Waals surface area contributed by atoms with Crippen LogP contribution < -0.4 is 14.8 Å². The smallest absolute Gasteiger partial charge is 0.255 e. The number of fused-ring (bicyclic) bond motifs is 1. The Labute approximate surface area is 195 Å². The van der Waals surface area contributed by atoms with Crippen LogP contribution in [-0.2, 0) is 0 Å². The molecule has 0 unspecified atom stereocenters. The summed E-state index contributed by atoms with van der Waals surface area (Å²) >= 11 is 0. The second kappa shape index (κ2) is 8.99. The van der Waals surface area contributed by atoms with Gasteiger partial charge in [-0.2, -0.15) is 9.61 Å². The van der Waals surface area contributed by atoms with Crippen LogP contribution in [0.1, 0.15) is 10.4 Å². The Bertz CT molecular complexity index is 1460. The lowest BCUT2D eigenvalue weighted by Gasteiger charge is -2.10. The van der Waals surface area contributed by atoms with Gasteiger partial charge in [-0.25, -0.2) is 0 Å². The number of pyridine rings is 1. The van der Waals surface area contributed by atoms with Crippen molar-refractivity contribution < 1.29 is 14.3 Å². The third-order valence-corrected chi connectivity index (χ3v) is 5.21. The van der Waals surface area contributed by atoms with Crippen LogP contribution in [0.3, 0.4) is 0 Å². The van der Waals surface area contributed by atoms with Gasteiger partial charge in [0, 0.05) is 40.8 Å². The van der Waals surface area contributed by atoms with Crippen LogP contribution in [0.25, 0.3) is 28.3 Å². The van der Waals surface area contributed by atoms with E-state index in [0.29, 0.717) is 39.9 Å². The lowest BCUT2D eigenvalue weighted by molar-refractivity contribution is 0.102. The highest BCUT2D eigenvalue weighted by atomic mass is 16.5. The lowest BCUT2D eigenvalue weighted by atomic mass is 10.1. The molecule has 9 nitrogen and oxygen atoms in total. The van der Waals surface area contributed by atoms with Crippen molar-refractivity contribution in [1.29, 1.82) is 0 Å². The Morgan fingerprint density at radius 2 is 1.68 bits per heavy atom. The predicted octanol–water partition coefficient (Wildman–Crippen LogP) is 4.12. The lowest BCUT2D eigenvalue weighted by Crippen LogP contribution is -2.12. The summed E-state index contributed by atoms with van der Waals surface area (Å²) in [4.78, 5) is 17.0. The molecule has 0 saturated heterocycles. The highest BCUT2D eigenvalue weighted by Gasteiger charge is 2.13. The molecular weight excluding hydrogens is 432 g/mol. The van der Waals surface area contributed by atoms with E-state index in [0.717, 1.165) is 11.1 Å². The van der Waals surface area contributed by atoms with E-state index in [1.807, 2.05) is 48.5 Å². The normalized spacial score (nSPS) is 10.8. The van der Waals surface area contributed by atoms with Crippen molar-refractivity contribution >= 4 is 17.2 Å². The molecule has 5 rings (SSSR count). The number of nitrogens with one attached hydrogen (secondary N) is 1. The molecule has 3 heterocycles. The molecule has 2 aromatic carbocycles. The van der Waals surface area contributed by atoms with E-state index >= 15 is 0 Å². The zero-order chi connectivity index (χ0) is 23.5. The highest BCUT2D eigenvalue weighted by Crippen LogP contribution is 2.25. The number of hydrogen-bond donors (Lipinski definition) is 1. The van der Waals surface area contributed by atoms with Crippen molar-refractivity contribution in [3.8, 4) is 34.1 Å². The first-order valence-electron chi connectivity index (χ1n) is 10.4. The Morgan fingerprint density at radius 1 is 0.882 bits per heavy atom. The average Bonchev–Trinajstić information content (AvgIpc) is 3.32. The molecule has 0 fully saturated rings. The molecule has 0 aliphatic rings. The fraction of sp³-hybridized carbons (Fsp3) is 0.0800. The maximum Gasteiger partial charge on any atom is 0.255 e. The number of carbonyl (C=O) groups is 1. The highest BCUT2D eigenvalue weighted by molar-refractivity contribution is 6.05. The molecule has 1 amide bonds. The third-order valence-electron chi connectivity index (χ3n) is 5.21. The molecular formula is C25H20N6O3. The Kier molecular flexibility index (Phi) is 5.57. The summed E-state index contributed by atoms with van der Waals surface area (Å²) in [5, 5.41) is 16.1. The fourth-order valence-electron chi connectivity index (χ4n) is 3.52. The van der Waals surface area contributed by atoms with Gasteiger partial charge in [-0.15, -0.1) is 10.2 Å². The molecule has 9 heteroatoms. The first kappa shape index (κ1) is 21.1. The number of carbonyl (C=O) groups excluding carboxylic acids is 1. The molecule has 0 spiro atoms. The van der Waals surface area contributed by atoms with Gasteiger partial charge in [0.05, 0.1) is 19.9 Å². The molecule has 168 valence electrons. The zero-order valence-corrected chi connectivity index (χ0v) is 18.5. The van der Waals surface area contributed by atoms with Crippen LogP contribution in [0.15, 0.2) is 79.1 Å². The second-order valence-corrected chi connectivity index (χ2v) is 7.39. The maximum absolute atomic E-state index is 12.9. The van der Waals surface area contributed by atoms with Gasteiger partial charge in [0.25, 0.3) is 5.91 Å². The Morgan fingerprint density at radius 3 is 2.41 bits per heavy atom. The molecule has 34 heavy (non-hydrogen) atoms. The Hall–Kier alpha value is -4.79. The summed E-state index contributed by atoms with van der Waals surface area (Å²) in [5.41, 5.74) is 4.02. The number of ether oxygens (including phenoxy) is 2. The van der Waals surface area contributed by atoms with Gasteiger partial charge in [0.2, 0.25) is 0 Å². The Balaban J connectivity index is 1.45. The van der Waals surface area contributed by atoms with Gasteiger partial charge in [-0.3, -0.25) is 9.78 Å². The number of rotatable bonds is 6. The van der Waals surface area contributed by atoms with E-state index in [9.17, 15) is 4.79 Å². The molecule has 0 atom stereocenters. The maximum atomic E-state index is 12.9. The molecule has 5 aromatic rings. The number of aromatic nitrogens is 5. The minimum Gasteiger partial charge on any atom is -0.497 e. The summed E-state index contributed by atoms with van der Waals surface area (Å²) in [6, 6.07) is 19.9. The van der Waals surface area contributed by atoms with Crippen molar-refractivity contribution in [2.45, 2.75) is 0 Å². The van der Waals surface area contributed by atoms with Crippen molar-refractivity contribution in [3.63, 3.8) is 0 Å².